The van der Waals surface area contributed by atoms with Crippen molar-refractivity contribution in [3.05, 3.63) is 0 Å². The zero-order chi connectivity index (χ0) is 7.47. The van der Waals surface area contributed by atoms with Crippen LogP contribution in [0.2, 0.25) is 0 Å². The van der Waals surface area contributed by atoms with Crippen LogP contribution in [0.5, 0.6) is 0 Å². The summed E-state index contributed by atoms with van der Waals surface area (Å²) < 4.78 is 0. The highest BCUT2D eigenvalue weighted by Crippen LogP contribution is 2.55. The highest BCUT2D eigenvalue weighted by atomic mass is 35.5. The average molecular weight is 262 g/mol. The summed E-state index contributed by atoms with van der Waals surface area (Å²) in [4.78, 5) is 0. The third kappa shape index (κ3) is 2.32. The second kappa shape index (κ2) is 4.78. The van der Waals surface area contributed by atoms with Gasteiger partial charge in [-0.25, -0.2) is 0 Å². The van der Waals surface area contributed by atoms with E-state index in [4.69, 9.17) is 0 Å². The van der Waals surface area contributed by atoms with Crippen molar-refractivity contribution >= 4 is 37.2 Å². The first-order valence-electron chi connectivity index (χ1n) is 4.96. The Morgan fingerprint density at radius 3 is 1.21 bits per heavy atom. The van der Waals surface area contributed by atoms with E-state index in [9.17, 15) is 5.11 Å². The molecule has 4 aliphatic carbocycles. The van der Waals surface area contributed by atoms with Crippen LogP contribution in [0.4, 0.5) is 0 Å². The van der Waals surface area contributed by atoms with Crippen LogP contribution in [0, 0.1) is 17.8 Å². The molecule has 4 rings (SSSR count). The Bertz CT molecular complexity index is 161. The van der Waals surface area contributed by atoms with Gasteiger partial charge in [-0.05, 0) is 56.3 Å². The lowest BCUT2D eigenvalue weighted by Crippen LogP contribution is -2.50. The minimum atomic E-state index is -0.200. The van der Waals surface area contributed by atoms with E-state index >= 15 is 0 Å². The molecule has 0 radical (unpaired) electrons. The maximum atomic E-state index is 10.1. The lowest BCUT2D eigenvalue weighted by Gasteiger charge is -2.54. The zero-order valence-electron chi connectivity index (χ0n) is 8.15. The molecule has 4 fully saturated rings. The Hall–Kier alpha value is 0.830. The second-order valence-electron chi connectivity index (χ2n) is 5.14. The van der Waals surface area contributed by atoms with Crippen LogP contribution in [0.25, 0.3) is 0 Å². The van der Waals surface area contributed by atoms with Gasteiger partial charge in [0.05, 0.1) is 5.60 Å². The van der Waals surface area contributed by atoms with E-state index in [0.717, 1.165) is 37.0 Å². The summed E-state index contributed by atoms with van der Waals surface area (Å²) in [5.74, 6) is 2.68. The SMILES string of the molecule is Cl.Cl.Cl.OC12CC3CC(CC(C3)C1)C2. The van der Waals surface area contributed by atoms with E-state index < -0.39 is 0 Å². The largest absolute Gasteiger partial charge is 0.390 e. The highest BCUT2D eigenvalue weighted by Gasteiger charge is 2.49. The minimum absolute atomic E-state index is 0. The fourth-order valence-corrected chi connectivity index (χ4v) is 4.06. The molecule has 0 amide bonds. The van der Waals surface area contributed by atoms with Gasteiger partial charge in [0.15, 0.2) is 0 Å². The van der Waals surface area contributed by atoms with Gasteiger partial charge in [0.1, 0.15) is 0 Å². The molecule has 0 atom stereocenters. The first-order valence-corrected chi connectivity index (χ1v) is 4.96. The lowest BCUT2D eigenvalue weighted by molar-refractivity contribution is -0.124. The lowest BCUT2D eigenvalue weighted by atomic mass is 9.54. The summed E-state index contributed by atoms with van der Waals surface area (Å²) in [6.07, 6.45) is 7.66. The van der Waals surface area contributed by atoms with Gasteiger partial charge in [-0.3, -0.25) is 0 Å². The van der Waals surface area contributed by atoms with Crippen molar-refractivity contribution in [2.45, 2.75) is 44.1 Å². The quantitative estimate of drug-likeness (QED) is 0.710. The summed E-state index contributed by atoms with van der Waals surface area (Å²) >= 11 is 0. The van der Waals surface area contributed by atoms with Crippen molar-refractivity contribution in [1.82, 2.24) is 0 Å². The van der Waals surface area contributed by atoms with E-state index in [-0.39, 0.29) is 42.8 Å². The third-order valence-corrected chi connectivity index (χ3v) is 4.01. The molecule has 4 bridgehead atoms. The highest BCUT2D eigenvalue weighted by molar-refractivity contribution is 5.86. The average Bonchev–Trinajstić information content (AvgIpc) is 1.79. The van der Waals surface area contributed by atoms with Crippen molar-refractivity contribution in [2.24, 2.45) is 17.8 Å². The molecule has 86 valence electrons. The first kappa shape index (κ1) is 14.8. The monoisotopic (exact) mass is 260 g/mol. The van der Waals surface area contributed by atoms with Crippen molar-refractivity contribution < 1.29 is 5.11 Å². The van der Waals surface area contributed by atoms with Gasteiger partial charge in [0.2, 0.25) is 0 Å². The number of hydrogen-bond donors (Lipinski definition) is 1. The fourth-order valence-electron chi connectivity index (χ4n) is 4.06. The molecule has 0 aromatic heterocycles. The van der Waals surface area contributed by atoms with Gasteiger partial charge in [-0.1, -0.05) is 0 Å². The molecule has 4 saturated carbocycles. The normalized spacial score (nSPS) is 47.4. The number of halogens is 3. The van der Waals surface area contributed by atoms with Crippen LogP contribution < -0.4 is 0 Å². The van der Waals surface area contributed by atoms with Crippen LogP contribution in [0.3, 0.4) is 0 Å². The Morgan fingerprint density at radius 1 is 0.714 bits per heavy atom. The first-order chi connectivity index (χ1) is 5.23. The number of rotatable bonds is 0. The molecule has 14 heavy (non-hydrogen) atoms. The van der Waals surface area contributed by atoms with Gasteiger partial charge < -0.3 is 5.11 Å². The smallest absolute Gasteiger partial charge is 0.0655 e. The van der Waals surface area contributed by atoms with Crippen LogP contribution in [-0.4, -0.2) is 10.7 Å². The molecule has 0 heterocycles. The Kier molecular flexibility index (Phi) is 5.06. The van der Waals surface area contributed by atoms with E-state index in [1.54, 1.807) is 0 Å². The van der Waals surface area contributed by atoms with E-state index in [1.807, 2.05) is 0 Å². The molecule has 0 aromatic carbocycles. The Morgan fingerprint density at radius 2 is 1.00 bits per heavy atom. The molecule has 4 aliphatic rings. The third-order valence-electron chi connectivity index (χ3n) is 4.01. The van der Waals surface area contributed by atoms with Crippen molar-refractivity contribution in [2.75, 3.05) is 0 Å². The van der Waals surface area contributed by atoms with Gasteiger partial charge in [-0.2, -0.15) is 0 Å². The molecular weight excluding hydrogens is 242 g/mol. The summed E-state index contributed by atoms with van der Waals surface area (Å²) in [5, 5.41) is 10.1. The van der Waals surface area contributed by atoms with Crippen LogP contribution in [0.1, 0.15) is 38.5 Å². The van der Waals surface area contributed by atoms with Crippen molar-refractivity contribution in [1.29, 1.82) is 0 Å². The topological polar surface area (TPSA) is 20.2 Å². The summed E-state index contributed by atoms with van der Waals surface area (Å²) in [5.41, 5.74) is -0.200. The predicted molar refractivity (Wildman–Crippen MR) is 64.9 cm³/mol. The van der Waals surface area contributed by atoms with E-state index in [0.29, 0.717) is 0 Å². The van der Waals surface area contributed by atoms with Gasteiger partial charge >= 0.3 is 0 Å². The molecule has 0 spiro atoms. The van der Waals surface area contributed by atoms with Gasteiger partial charge in [0.25, 0.3) is 0 Å². The fraction of sp³-hybridized carbons (Fsp3) is 1.00. The zero-order valence-corrected chi connectivity index (χ0v) is 10.6. The molecule has 1 nitrogen and oxygen atoms in total. The van der Waals surface area contributed by atoms with Crippen molar-refractivity contribution in [3.63, 3.8) is 0 Å². The molecule has 0 unspecified atom stereocenters. The van der Waals surface area contributed by atoms with E-state index in [2.05, 4.69) is 0 Å². The second-order valence-corrected chi connectivity index (χ2v) is 5.14. The maximum absolute atomic E-state index is 10.1. The predicted octanol–water partition coefficient (Wildman–Crippen LogP) is 3.21. The van der Waals surface area contributed by atoms with Crippen LogP contribution in [-0.2, 0) is 0 Å². The summed E-state index contributed by atoms with van der Waals surface area (Å²) in [6, 6.07) is 0. The van der Waals surface area contributed by atoms with Gasteiger partial charge in [-0.15, -0.1) is 37.2 Å². The minimum Gasteiger partial charge on any atom is -0.390 e. The summed E-state index contributed by atoms with van der Waals surface area (Å²) in [6.45, 7) is 0. The van der Waals surface area contributed by atoms with Gasteiger partial charge in [0, 0.05) is 0 Å². The number of aliphatic hydroxyl groups is 1. The molecule has 0 aliphatic heterocycles. The Labute approximate surface area is 104 Å². The van der Waals surface area contributed by atoms with Crippen LogP contribution >= 0.6 is 37.2 Å². The molecule has 1 N–H and O–H groups in total. The van der Waals surface area contributed by atoms with E-state index in [1.165, 1.54) is 19.3 Å². The maximum Gasteiger partial charge on any atom is 0.0655 e. The molecule has 0 aromatic rings. The summed E-state index contributed by atoms with van der Waals surface area (Å²) in [7, 11) is 0. The van der Waals surface area contributed by atoms with Crippen LogP contribution in [0.15, 0.2) is 0 Å². The molecule has 4 heteroatoms. The molecular formula is C10H19Cl3O. The standard InChI is InChI=1S/C10H16O.3ClH/c11-10-4-7-1-8(5-10)3-9(2-7)6-10;;;/h7-9,11H,1-6H2;3*1H. The Balaban J connectivity index is 0.000000563. The molecule has 0 saturated heterocycles. The van der Waals surface area contributed by atoms with Crippen molar-refractivity contribution in [3.8, 4) is 0 Å². The number of hydrogen-bond acceptors (Lipinski definition) is 1.